The largest absolute Gasteiger partial charge is 0.512 e. The number of anilines is 1. The molecule has 0 aliphatic heterocycles. The summed E-state index contributed by atoms with van der Waals surface area (Å²) in [7, 11) is 0. The standard InChI is InChI=1S/C23H19F3N2O2/c1-14(27-18-10-6-9-17(13-18)23(24,25)26)21(15(2)29)22(30)28-20-12-5-8-16-7-3-4-11-19(16)20/h3-13,29H,1-2H3,(H,28,30). The average Bonchev–Trinajstić information content (AvgIpc) is 2.67. The monoisotopic (exact) mass is 412 g/mol. The molecule has 154 valence electrons. The molecule has 0 aliphatic rings. The van der Waals surface area contributed by atoms with Gasteiger partial charge in [0.15, 0.2) is 0 Å². The lowest BCUT2D eigenvalue weighted by atomic mass is 10.1. The fourth-order valence-corrected chi connectivity index (χ4v) is 3.11. The zero-order valence-electron chi connectivity index (χ0n) is 16.3. The summed E-state index contributed by atoms with van der Waals surface area (Å²) in [4.78, 5) is 17.0. The minimum Gasteiger partial charge on any atom is -0.512 e. The second-order valence-electron chi connectivity index (χ2n) is 6.69. The van der Waals surface area contributed by atoms with Crippen LogP contribution in [-0.2, 0) is 11.0 Å². The predicted molar refractivity (Wildman–Crippen MR) is 112 cm³/mol. The molecule has 0 bridgehead atoms. The number of aliphatic hydroxyl groups is 1. The van der Waals surface area contributed by atoms with Crippen molar-refractivity contribution in [3.8, 4) is 0 Å². The van der Waals surface area contributed by atoms with Crippen molar-refractivity contribution in [1.82, 2.24) is 0 Å². The van der Waals surface area contributed by atoms with Gasteiger partial charge in [-0.15, -0.1) is 0 Å². The molecule has 7 heteroatoms. The normalized spacial score (nSPS) is 13.2. The molecule has 3 rings (SSSR count). The molecule has 0 aliphatic carbocycles. The van der Waals surface area contributed by atoms with Crippen LogP contribution in [0.15, 0.2) is 83.1 Å². The summed E-state index contributed by atoms with van der Waals surface area (Å²) in [6, 6.07) is 17.3. The number of hydrogen-bond acceptors (Lipinski definition) is 3. The molecule has 0 spiro atoms. The Morgan fingerprint density at radius 1 is 0.967 bits per heavy atom. The number of carbonyl (C=O) groups is 1. The van der Waals surface area contributed by atoms with Gasteiger partial charge in [0.25, 0.3) is 5.91 Å². The van der Waals surface area contributed by atoms with Crippen LogP contribution in [0.4, 0.5) is 24.5 Å². The number of hydrogen-bond donors (Lipinski definition) is 2. The number of nitrogens with zero attached hydrogens (tertiary/aromatic N) is 1. The van der Waals surface area contributed by atoms with Crippen LogP contribution < -0.4 is 5.32 Å². The second kappa shape index (κ2) is 8.41. The third-order valence-electron chi connectivity index (χ3n) is 4.46. The third-order valence-corrected chi connectivity index (χ3v) is 4.46. The van der Waals surface area contributed by atoms with Gasteiger partial charge in [-0.1, -0.05) is 42.5 Å². The summed E-state index contributed by atoms with van der Waals surface area (Å²) in [5.41, 5.74) is -0.293. The van der Waals surface area contributed by atoms with E-state index in [1.165, 1.54) is 26.0 Å². The van der Waals surface area contributed by atoms with Gasteiger partial charge in [0, 0.05) is 11.1 Å². The maximum absolute atomic E-state index is 12.9. The highest BCUT2D eigenvalue weighted by Crippen LogP contribution is 2.31. The van der Waals surface area contributed by atoms with Crippen LogP contribution in [0.25, 0.3) is 10.8 Å². The third kappa shape index (κ3) is 4.68. The van der Waals surface area contributed by atoms with Crippen molar-refractivity contribution >= 4 is 33.8 Å². The van der Waals surface area contributed by atoms with Gasteiger partial charge in [-0.05, 0) is 43.5 Å². The molecular formula is C23H19F3N2O2. The van der Waals surface area contributed by atoms with Crippen molar-refractivity contribution in [1.29, 1.82) is 0 Å². The molecule has 0 heterocycles. The Bertz CT molecular complexity index is 1160. The molecule has 2 N–H and O–H groups in total. The van der Waals surface area contributed by atoms with Crippen LogP contribution in [-0.4, -0.2) is 16.7 Å². The number of halogens is 3. The van der Waals surface area contributed by atoms with E-state index in [0.29, 0.717) is 5.69 Å². The Morgan fingerprint density at radius 2 is 1.63 bits per heavy atom. The van der Waals surface area contributed by atoms with E-state index in [1.807, 2.05) is 30.3 Å². The predicted octanol–water partition coefficient (Wildman–Crippen LogP) is 6.42. The van der Waals surface area contributed by atoms with E-state index in [-0.39, 0.29) is 22.7 Å². The number of alkyl halides is 3. The first-order valence-corrected chi connectivity index (χ1v) is 9.08. The van der Waals surface area contributed by atoms with E-state index in [4.69, 9.17) is 0 Å². The number of nitrogens with one attached hydrogen (secondary N) is 1. The Morgan fingerprint density at radius 3 is 2.33 bits per heavy atom. The van der Waals surface area contributed by atoms with E-state index in [9.17, 15) is 23.1 Å². The summed E-state index contributed by atoms with van der Waals surface area (Å²) in [6.45, 7) is 2.78. The van der Waals surface area contributed by atoms with Gasteiger partial charge in [-0.3, -0.25) is 9.79 Å². The molecule has 0 saturated carbocycles. The lowest BCUT2D eigenvalue weighted by Gasteiger charge is -2.12. The van der Waals surface area contributed by atoms with Gasteiger partial charge in [0.2, 0.25) is 0 Å². The Balaban J connectivity index is 1.93. The van der Waals surface area contributed by atoms with Crippen molar-refractivity contribution < 1.29 is 23.1 Å². The highest BCUT2D eigenvalue weighted by Gasteiger charge is 2.30. The van der Waals surface area contributed by atoms with Gasteiger partial charge >= 0.3 is 6.18 Å². The van der Waals surface area contributed by atoms with Crippen molar-refractivity contribution in [2.75, 3.05) is 5.32 Å². The minimum absolute atomic E-state index is 0.0269. The quantitative estimate of drug-likeness (QED) is 0.295. The van der Waals surface area contributed by atoms with Crippen LogP contribution in [0.2, 0.25) is 0 Å². The topological polar surface area (TPSA) is 61.7 Å². The highest BCUT2D eigenvalue weighted by atomic mass is 19.4. The van der Waals surface area contributed by atoms with E-state index < -0.39 is 17.6 Å². The van der Waals surface area contributed by atoms with Crippen LogP contribution >= 0.6 is 0 Å². The maximum atomic E-state index is 12.9. The van der Waals surface area contributed by atoms with Crippen molar-refractivity contribution in [2.24, 2.45) is 4.99 Å². The number of carbonyl (C=O) groups excluding carboxylic acids is 1. The van der Waals surface area contributed by atoms with E-state index in [1.54, 1.807) is 12.1 Å². The van der Waals surface area contributed by atoms with E-state index >= 15 is 0 Å². The molecule has 0 unspecified atom stereocenters. The molecule has 0 radical (unpaired) electrons. The number of aliphatic imine (C=N–C) groups is 1. The molecule has 0 atom stereocenters. The average molecular weight is 412 g/mol. The van der Waals surface area contributed by atoms with Crippen molar-refractivity contribution in [2.45, 2.75) is 20.0 Å². The zero-order chi connectivity index (χ0) is 21.9. The van der Waals surface area contributed by atoms with Crippen LogP contribution in [0.5, 0.6) is 0 Å². The number of allylic oxidation sites excluding steroid dienone is 1. The molecule has 30 heavy (non-hydrogen) atoms. The molecule has 4 nitrogen and oxygen atoms in total. The number of amides is 1. The summed E-state index contributed by atoms with van der Waals surface area (Å²) in [6.07, 6.45) is -4.50. The molecular weight excluding hydrogens is 393 g/mol. The smallest absolute Gasteiger partial charge is 0.416 e. The van der Waals surface area contributed by atoms with Gasteiger partial charge in [0.1, 0.15) is 5.76 Å². The first-order valence-electron chi connectivity index (χ1n) is 9.08. The molecule has 0 fully saturated rings. The first-order chi connectivity index (χ1) is 14.2. The Kier molecular flexibility index (Phi) is 5.91. The molecule has 0 aromatic heterocycles. The highest BCUT2D eigenvalue weighted by molar-refractivity contribution is 6.26. The number of benzene rings is 3. The Labute approximate surface area is 171 Å². The van der Waals surface area contributed by atoms with E-state index in [2.05, 4.69) is 10.3 Å². The number of rotatable bonds is 4. The first kappa shape index (κ1) is 21.1. The van der Waals surface area contributed by atoms with Gasteiger partial charge in [0.05, 0.1) is 22.5 Å². The van der Waals surface area contributed by atoms with Gasteiger partial charge < -0.3 is 10.4 Å². The number of aliphatic hydroxyl groups excluding tert-OH is 1. The number of fused-ring (bicyclic) bond motifs is 1. The van der Waals surface area contributed by atoms with Gasteiger partial charge in [-0.2, -0.15) is 13.2 Å². The fraction of sp³-hybridized carbons (Fsp3) is 0.130. The second-order valence-corrected chi connectivity index (χ2v) is 6.69. The Hall–Kier alpha value is -3.61. The van der Waals surface area contributed by atoms with Crippen LogP contribution in [0.1, 0.15) is 19.4 Å². The summed E-state index contributed by atoms with van der Waals surface area (Å²) in [5, 5.41) is 14.6. The van der Waals surface area contributed by atoms with Crippen molar-refractivity contribution in [3.63, 3.8) is 0 Å². The lowest BCUT2D eigenvalue weighted by molar-refractivity contribution is -0.137. The summed E-state index contributed by atoms with van der Waals surface area (Å²) in [5.74, 6) is -0.902. The van der Waals surface area contributed by atoms with Crippen LogP contribution in [0.3, 0.4) is 0 Å². The maximum Gasteiger partial charge on any atom is 0.416 e. The molecule has 1 amide bonds. The molecule has 3 aromatic carbocycles. The SMILES string of the molecule is CC(=Nc1cccc(C(F)(F)F)c1)C(C(=O)Nc1cccc2ccccc12)=C(C)O. The molecule has 3 aromatic rings. The fourth-order valence-electron chi connectivity index (χ4n) is 3.11. The van der Waals surface area contributed by atoms with E-state index in [0.717, 1.165) is 22.9 Å². The summed E-state index contributed by atoms with van der Waals surface area (Å²) >= 11 is 0. The molecule has 0 saturated heterocycles. The van der Waals surface area contributed by atoms with Crippen LogP contribution in [0, 0.1) is 0 Å². The van der Waals surface area contributed by atoms with Crippen molar-refractivity contribution in [3.05, 3.63) is 83.6 Å². The minimum atomic E-state index is -4.50. The lowest BCUT2D eigenvalue weighted by Crippen LogP contribution is -2.21. The summed E-state index contributed by atoms with van der Waals surface area (Å²) < 4.78 is 38.8. The zero-order valence-corrected chi connectivity index (χ0v) is 16.3. The van der Waals surface area contributed by atoms with Gasteiger partial charge in [-0.25, -0.2) is 0 Å².